The molecule has 3 rings (SSSR count). The lowest BCUT2D eigenvalue weighted by Gasteiger charge is -2.49. The summed E-state index contributed by atoms with van der Waals surface area (Å²) in [4.78, 5) is 0. The van der Waals surface area contributed by atoms with Gasteiger partial charge in [-0.3, -0.25) is 0 Å². The maximum Gasteiger partial charge on any atom is 0.147 e. The van der Waals surface area contributed by atoms with Gasteiger partial charge in [0, 0.05) is 0 Å². The molecule has 0 N–H and O–H groups in total. The van der Waals surface area contributed by atoms with Crippen LogP contribution in [-0.4, -0.2) is 10.5 Å². The summed E-state index contributed by atoms with van der Waals surface area (Å²) in [5.41, 5.74) is 1.51. The van der Waals surface area contributed by atoms with Gasteiger partial charge in [-0.25, -0.2) is 0 Å². The van der Waals surface area contributed by atoms with Crippen molar-refractivity contribution in [3.05, 3.63) is 35.9 Å². The predicted octanol–water partition coefficient (Wildman–Crippen LogP) is 4.34. The third kappa shape index (κ3) is 2.98. The van der Waals surface area contributed by atoms with E-state index in [0.717, 1.165) is 22.3 Å². The molecule has 0 aliphatic heterocycles. The zero-order valence-corrected chi connectivity index (χ0v) is 15.5. The zero-order valence-electron chi connectivity index (χ0n) is 13.5. The normalized spacial score (nSPS) is 22.5. The molecule has 1 aromatic rings. The summed E-state index contributed by atoms with van der Waals surface area (Å²) in [5.74, 6) is 1.49. The van der Waals surface area contributed by atoms with E-state index in [1.54, 1.807) is 0 Å². The molecular weight excluding hydrogens is 272 g/mol. The van der Waals surface area contributed by atoms with Crippen LogP contribution < -0.4 is 0 Å². The van der Waals surface area contributed by atoms with Gasteiger partial charge in [-0.15, -0.1) is 0 Å². The molecule has 2 fully saturated rings. The minimum Gasteiger partial charge on any atom is -0.418 e. The standard InChI is InChI=1S/C19H30OSi/c21-20-19(16-10-4-1-5-11-16,17-12-6-2-7-13-17)18-14-8-3-9-15-18/h1,4-5,10-11,17-18H,2-3,6-9,12-15H2,21H3. The Kier molecular flexibility index (Phi) is 5.18. The van der Waals surface area contributed by atoms with Gasteiger partial charge in [0.25, 0.3) is 0 Å². The first-order valence-electron chi connectivity index (χ1n) is 8.98. The Morgan fingerprint density at radius 3 is 1.67 bits per heavy atom. The highest BCUT2D eigenvalue weighted by Gasteiger charge is 2.46. The van der Waals surface area contributed by atoms with E-state index in [1.165, 1.54) is 69.8 Å². The van der Waals surface area contributed by atoms with E-state index >= 15 is 0 Å². The fourth-order valence-corrected chi connectivity index (χ4v) is 5.92. The van der Waals surface area contributed by atoms with E-state index in [-0.39, 0.29) is 5.60 Å². The summed E-state index contributed by atoms with van der Waals surface area (Å²) in [6.45, 7) is 0. The maximum atomic E-state index is 6.54. The van der Waals surface area contributed by atoms with E-state index in [9.17, 15) is 0 Å². The van der Waals surface area contributed by atoms with Crippen LogP contribution in [0.5, 0.6) is 0 Å². The number of hydrogen-bond acceptors (Lipinski definition) is 1. The molecule has 0 atom stereocenters. The van der Waals surface area contributed by atoms with Gasteiger partial charge in [0.1, 0.15) is 10.5 Å². The molecule has 21 heavy (non-hydrogen) atoms. The summed E-state index contributed by atoms with van der Waals surface area (Å²) in [6.07, 6.45) is 13.9. The topological polar surface area (TPSA) is 9.23 Å². The molecular formula is C19H30OSi. The fourth-order valence-electron chi connectivity index (χ4n) is 5.02. The molecule has 0 spiro atoms. The first kappa shape index (κ1) is 15.3. The van der Waals surface area contributed by atoms with Gasteiger partial charge < -0.3 is 4.43 Å². The monoisotopic (exact) mass is 302 g/mol. The minimum atomic E-state index is 0.0360. The second kappa shape index (κ2) is 7.10. The summed E-state index contributed by atoms with van der Waals surface area (Å²) >= 11 is 0. The number of hydrogen-bond donors (Lipinski definition) is 0. The van der Waals surface area contributed by atoms with Crippen LogP contribution in [0.25, 0.3) is 0 Å². The van der Waals surface area contributed by atoms with Crippen LogP contribution in [0, 0.1) is 11.8 Å². The first-order valence-corrected chi connectivity index (χ1v) is 9.80. The predicted molar refractivity (Wildman–Crippen MR) is 92.3 cm³/mol. The van der Waals surface area contributed by atoms with Crippen LogP contribution in [0.1, 0.15) is 69.8 Å². The third-order valence-electron chi connectivity index (χ3n) is 5.99. The van der Waals surface area contributed by atoms with Gasteiger partial charge in [-0.05, 0) is 43.1 Å². The van der Waals surface area contributed by atoms with E-state index in [4.69, 9.17) is 4.43 Å². The highest BCUT2D eigenvalue weighted by molar-refractivity contribution is 5.98. The highest BCUT2D eigenvalue weighted by Crippen LogP contribution is 2.50. The van der Waals surface area contributed by atoms with Crippen molar-refractivity contribution in [1.82, 2.24) is 0 Å². The second-order valence-corrected chi connectivity index (χ2v) is 7.44. The van der Waals surface area contributed by atoms with Crippen LogP contribution in [0.15, 0.2) is 30.3 Å². The molecule has 0 unspecified atom stereocenters. The Balaban J connectivity index is 1.98. The lowest BCUT2D eigenvalue weighted by Crippen LogP contribution is -2.46. The third-order valence-corrected chi connectivity index (χ3v) is 6.66. The molecule has 2 saturated carbocycles. The van der Waals surface area contributed by atoms with Crippen molar-refractivity contribution < 1.29 is 4.43 Å². The molecule has 0 radical (unpaired) electrons. The van der Waals surface area contributed by atoms with Gasteiger partial charge in [0.15, 0.2) is 0 Å². The molecule has 1 aromatic carbocycles. The second-order valence-electron chi connectivity index (χ2n) is 7.03. The van der Waals surface area contributed by atoms with E-state index < -0.39 is 0 Å². The van der Waals surface area contributed by atoms with Gasteiger partial charge in [-0.2, -0.15) is 0 Å². The average Bonchev–Trinajstić information content (AvgIpc) is 2.59. The lowest BCUT2D eigenvalue weighted by molar-refractivity contribution is -0.0717. The van der Waals surface area contributed by atoms with Gasteiger partial charge >= 0.3 is 0 Å². The van der Waals surface area contributed by atoms with Gasteiger partial charge in [-0.1, -0.05) is 68.9 Å². The van der Waals surface area contributed by atoms with Gasteiger partial charge in [0.05, 0.1) is 5.60 Å². The Morgan fingerprint density at radius 2 is 1.24 bits per heavy atom. The lowest BCUT2D eigenvalue weighted by atomic mass is 9.63. The fraction of sp³-hybridized carbons (Fsp3) is 0.684. The maximum absolute atomic E-state index is 6.54. The van der Waals surface area contributed by atoms with Crippen LogP contribution in [0.2, 0.25) is 0 Å². The van der Waals surface area contributed by atoms with E-state index in [2.05, 4.69) is 30.3 Å². The molecule has 116 valence electrons. The van der Waals surface area contributed by atoms with E-state index in [0.29, 0.717) is 0 Å². The summed E-state index contributed by atoms with van der Waals surface area (Å²) in [7, 11) is 0.848. The Bertz CT molecular complexity index is 400. The average molecular weight is 303 g/mol. The van der Waals surface area contributed by atoms with Crippen molar-refractivity contribution in [2.75, 3.05) is 0 Å². The quantitative estimate of drug-likeness (QED) is 0.752. The first-order chi connectivity index (χ1) is 10.4. The largest absolute Gasteiger partial charge is 0.418 e. The Labute approximate surface area is 133 Å². The molecule has 2 heteroatoms. The zero-order chi connectivity index (χ0) is 14.5. The van der Waals surface area contributed by atoms with Gasteiger partial charge in [0.2, 0.25) is 0 Å². The highest BCUT2D eigenvalue weighted by atomic mass is 28.2. The Hall–Kier alpha value is -0.603. The van der Waals surface area contributed by atoms with Crippen LogP contribution >= 0.6 is 0 Å². The smallest absolute Gasteiger partial charge is 0.147 e. The molecule has 0 aromatic heterocycles. The molecule has 2 aliphatic carbocycles. The summed E-state index contributed by atoms with van der Waals surface area (Å²) in [6, 6.07) is 11.2. The van der Waals surface area contributed by atoms with Crippen LogP contribution in [0.4, 0.5) is 0 Å². The van der Waals surface area contributed by atoms with Crippen molar-refractivity contribution >= 4 is 10.5 Å². The molecule has 0 heterocycles. The van der Waals surface area contributed by atoms with Crippen molar-refractivity contribution in [3.63, 3.8) is 0 Å². The Morgan fingerprint density at radius 1 is 0.762 bits per heavy atom. The minimum absolute atomic E-state index is 0.0360. The van der Waals surface area contributed by atoms with Crippen LogP contribution in [0.3, 0.4) is 0 Å². The van der Waals surface area contributed by atoms with Crippen LogP contribution in [-0.2, 0) is 10.0 Å². The molecule has 1 nitrogen and oxygen atoms in total. The van der Waals surface area contributed by atoms with E-state index in [1.807, 2.05) is 0 Å². The molecule has 0 saturated heterocycles. The summed E-state index contributed by atoms with van der Waals surface area (Å²) < 4.78 is 6.54. The summed E-state index contributed by atoms with van der Waals surface area (Å²) in [5, 5.41) is 0. The molecule has 2 aliphatic rings. The molecule has 0 amide bonds. The van der Waals surface area contributed by atoms with Crippen molar-refractivity contribution in [2.24, 2.45) is 11.8 Å². The van der Waals surface area contributed by atoms with Crippen molar-refractivity contribution in [3.8, 4) is 0 Å². The number of benzene rings is 1. The van der Waals surface area contributed by atoms with Crippen molar-refractivity contribution in [2.45, 2.75) is 69.8 Å². The number of rotatable bonds is 4. The molecule has 0 bridgehead atoms. The SMILES string of the molecule is [SiH3]OC(c1ccccc1)(C1CCCCC1)C1CCCCC1. The van der Waals surface area contributed by atoms with Crippen molar-refractivity contribution in [1.29, 1.82) is 0 Å².